The summed E-state index contributed by atoms with van der Waals surface area (Å²) in [6.45, 7) is 4.76. The molecule has 0 rings (SSSR count). The molecule has 0 amide bonds. The number of nitrogens with zero attached hydrogens (tertiary/aromatic N) is 1. The number of aliphatic imine (C=N–C) groups is 1. The lowest BCUT2D eigenvalue weighted by Crippen LogP contribution is -2.33. The Hall–Kier alpha value is -0.940. The van der Waals surface area contributed by atoms with Crippen LogP contribution in [-0.2, 0) is 0 Å². The van der Waals surface area contributed by atoms with Crippen molar-refractivity contribution in [1.82, 2.24) is 5.32 Å². The minimum Gasteiger partial charge on any atom is -0.370 e. The van der Waals surface area contributed by atoms with Gasteiger partial charge in [0.25, 0.3) is 0 Å². The summed E-state index contributed by atoms with van der Waals surface area (Å²) in [5, 5.41) is 2.64. The van der Waals surface area contributed by atoms with Crippen molar-refractivity contribution in [2.24, 2.45) is 16.6 Å². The Labute approximate surface area is 87.9 Å². The van der Waals surface area contributed by atoms with E-state index < -0.39 is 12.6 Å². The monoisotopic (exact) mass is 225 g/mol. The minimum atomic E-state index is -4.09. The van der Waals surface area contributed by atoms with E-state index in [4.69, 9.17) is 5.73 Å². The summed E-state index contributed by atoms with van der Waals surface area (Å²) in [6.07, 6.45) is -4.87. The normalized spacial score (nSPS) is 13.3. The van der Waals surface area contributed by atoms with Crippen molar-refractivity contribution >= 4 is 5.96 Å². The van der Waals surface area contributed by atoms with Gasteiger partial charge in [0.1, 0.15) is 0 Å². The van der Waals surface area contributed by atoms with Gasteiger partial charge in [0, 0.05) is 19.5 Å². The van der Waals surface area contributed by atoms with E-state index in [2.05, 4.69) is 10.3 Å². The highest BCUT2D eigenvalue weighted by molar-refractivity contribution is 5.77. The number of guanidine groups is 1. The molecule has 0 fully saturated rings. The van der Waals surface area contributed by atoms with Crippen molar-refractivity contribution < 1.29 is 13.2 Å². The van der Waals surface area contributed by atoms with Crippen LogP contribution in [0.1, 0.15) is 26.7 Å². The predicted octanol–water partition coefficient (Wildman–Crippen LogP) is 1.89. The Balaban J connectivity index is 3.55. The Bertz CT molecular complexity index is 199. The van der Waals surface area contributed by atoms with Crippen LogP contribution in [0.2, 0.25) is 0 Å². The highest BCUT2D eigenvalue weighted by Crippen LogP contribution is 2.20. The van der Waals surface area contributed by atoms with Crippen LogP contribution in [0.15, 0.2) is 4.99 Å². The second-order valence-corrected chi connectivity index (χ2v) is 3.77. The zero-order chi connectivity index (χ0) is 11.9. The first-order valence-electron chi connectivity index (χ1n) is 4.92. The number of nitrogens with one attached hydrogen (secondary N) is 1. The number of hydrogen-bond donors (Lipinski definition) is 2. The molecule has 0 bridgehead atoms. The fourth-order valence-corrected chi connectivity index (χ4v) is 0.842. The second-order valence-electron chi connectivity index (χ2n) is 3.77. The molecule has 15 heavy (non-hydrogen) atoms. The summed E-state index contributed by atoms with van der Waals surface area (Å²) in [5.41, 5.74) is 5.43. The first kappa shape index (κ1) is 14.1. The zero-order valence-electron chi connectivity index (χ0n) is 9.06. The van der Waals surface area contributed by atoms with Crippen molar-refractivity contribution in [2.75, 3.05) is 13.1 Å². The zero-order valence-corrected chi connectivity index (χ0v) is 9.06. The van der Waals surface area contributed by atoms with Gasteiger partial charge in [-0.1, -0.05) is 13.8 Å². The van der Waals surface area contributed by atoms with E-state index in [1.165, 1.54) is 0 Å². The molecule has 0 atom stereocenters. The number of rotatable bonds is 5. The summed E-state index contributed by atoms with van der Waals surface area (Å²) in [6, 6.07) is 0. The Morgan fingerprint density at radius 3 is 2.47 bits per heavy atom. The van der Waals surface area contributed by atoms with Gasteiger partial charge < -0.3 is 11.1 Å². The SMILES string of the molecule is CC(C)CN=C(N)NCCCC(F)(F)F. The van der Waals surface area contributed by atoms with Crippen LogP contribution in [-0.4, -0.2) is 25.2 Å². The lowest BCUT2D eigenvalue weighted by molar-refractivity contribution is -0.135. The average molecular weight is 225 g/mol. The summed E-state index contributed by atoms with van der Waals surface area (Å²) in [7, 11) is 0. The maximum Gasteiger partial charge on any atom is 0.389 e. The highest BCUT2D eigenvalue weighted by atomic mass is 19.4. The van der Waals surface area contributed by atoms with E-state index in [-0.39, 0.29) is 18.9 Å². The van der Waals surface area contributed by atoms with E-state index in [0.717, 1.165) is 0 Å². The van der Waals surface area contributed by atoms with Gasteiger partial charge in [0.05, 0.1) is 0 Å². The van der Waals surface area contributed by atoms with Crippen molar-refractivity contribution in [2.45, 2.75) is 32.9 Å². The van der Waals surface area contributed by atoms with Crippen LogP contribution in [0, 0.1) is 5.92 Å². The molecule has 0 aromatic heterocycles. The number of hydrogen-bond acceptors (Lipinski definition) is 1. The Morgan fingerprint density at radius 2 is 2.00 bits per heavy atom. The highest BCUT2D eigenvalue weighted by Gasteiger charge is 2.25. The maximum absolute atomic E-state index is 11.7. The molecule has 3 N–H and O–H groups in total. The smallest absolute Gasteiger partial charge is 0.370 e. The quantitative estimate of drug-likeness (QED) is 0.426. The van der Waals surface area contributed by atoms with Gasteiger partial charge in [0.15, 0.2) is 5.96 Å². The molecule has 0 saturated heterocycles. The lowest BCUT2D eigenvalue weighted by Gasteiger charge is -2.08. The summed E-state index contributed by atoms with van der Waals surface area (Å²) in [5.74, 6) is 0.603. The van der Waals surface area contributed by atoms with Crippen LogP contribution < -0.4 is 11.1 Å². The minimum absolute atomic E-state index is 0.0153. The summed E-state index contributed by atoms with van der Waals surface area (Å²) < 4.78 is 35.2. The van der Waals surface area contributed by atoms with Crippen LogP contribution >= 0.6 is 0 Å². The molecule has 0 aliphatic carbocycles. The van der Waals surface area contributed by atoms with Gasteiger partial charge in [-0.2, -0.15) is 13.2 Å². The third-order valence-electron chi connectivity index (χ3n) is 1.57. The van der Waals surface area contributed by atoms with E-state index in [1.807, 2.05) is 13.8 Å². The van der Waals surface area contributed by atoms with Crippen LogP contribution in [0.25, 0.3) is 0 Å². The largest absolute Gasteiger partial charge is 0.389 e. The molecule has 90 valence electrons. The van der Waals surface area contributed by atoms with Crippen LogP contribution in [0.5, 0.6) is 0 Å². The molecular weight excluding hydrogens is 207 g/mol. The van der Waals surface area contributed by atoms with Crippen LogP contribution in [0.3, 0.4) is 0 Å². The van der Waals surface area contributed by atoms with E-state index in [0.29, 0.717) is 12.5 Å². The summed E-state index contributed by atoms with van der Waals surface area (Å²) in [4.78, 5) is 3.96. The Kier molecular flexibility index (Phi) is 6.12. The predicted molar refractivity (Wildman–Crippen MR) is 54.6 cm³/mol. The number of halogens is 3. The van der Waals surface area contributed by atoms with Gasteiger partial charge in [0.2, 0.25) is 0 Å². The van der Waals surface area contributed by atoms with Gasteiger partial charge in [-0.15, -0.1) is 0 Å². The molecule has 0 aromatic carbocycles. The molecule has 0 heterocycles. The molecule has 0 spiro atoms. The van der Waals surface area contributed by atoms with Gasteiger partial charge in [-0.3, -0.25) is 4.99 Å². The van der Waals surface area contributed by atoms with Crippen molar-refractivity contribution in [3.63, 3.8) is 0 Å². The number of alkyl halides is 3. The topological polar surface area (TPSA) is 50.4 Å². The van der Waals surface area contributed by atoms with Gasteiger partial charge in [-0.25, -0.2) is 0 Å². The fourth-order valence-electron chi connectivity index (χ4n) is 0.842. The third kappa shape index (κ3) is 11.0. The maximum atomic E-state index is 11.7. The first-order chi connectivity index (χ1) is 6.81. The molecule has 0 aliphatic rings. The van der Waals surface area contributed by atoms with Gasteiger partial charge >= 0.3 is 6.18 Å². The summed E-state index contributed by atoms with van der Waals surface area (Å²) >= 11 is 0. The van der Waals surface area contributed by atoms with Crippen LogP contribution in [0.4, 0.5) is 13.2 Å². The van der Waals surface area contributed by atoms with Crippen molar-refractivity contribution in [3.8, 4) is 0 Å². The third-order valence-corrected chi connectivity index (χ3v) is 1.57. The van der Waals surface area contributed by atoms with Crippen molar-refractivity contribution in [3.05, 3.63) is 0 Å². The van der Waals surface area contributed by atoms with Gasteiger partial charge in [-0.05, 0) is 12.3 Å². The number of nitrogens with two attached hydrogens (primary N) is 1. The molecule has 0 saturated carbocycles. The van der Waals surface area contributed by atoms with Crippen molar-refractivity contribution in [1.29, 1.82) is 0 Å². The fraction of sp³-hybridized carbons (Fsp3) is 0.889. The molecule has 0 radical (unpaired) electrons. The van der Waals surface area contributed by atoms with E-state index in [9.17, 15) is 13.2 Å². The second kappa shape index (κ2) is 6.53. The molecule has 6 heteroatoms. The molecule has 0 unspecified atom stereocenters. The molecule has 0 aromatic rings. The van der Waals surface area contributed by atoms with E-state index >= 15 is 0 Å². The van der Waals surface area contributed by atoms with E-state index in [1.54, 1.807) is 0 Å². The Morgan fingerprint density at radius 1 is 1.40 bits per heavy atom. The average Bonchev–Trinajstić information content (AvgIpc) is 2.07. The lowest BCUT2D eigenvalue weighted by atomic mass is 10.2. The molecule has 0 aliphatic heterocycles. The molecular formula is C9H18F3N3. The standard InChI is InChI=1S/C9H18F3N3/c1-7(2)6-15-8(13)14-5-3-4-9(10,11)12/h7H,3-6H2,1-2H3,(H3,13,14,15). The molecule has 3 nitrogen and oxygen atoms in total. The first-order valence-corrected chi connectivity index (χ1v) is 4.92.